The Balaban J connectivity index is 1.89. The predicted molar refractivity (Wildman–Crippen MR) is 57.9 cm³/mol. The molecule has 0 radical (unpaired) electrons. The van der Waals surface area contributed by atoms with Gasteiger partial charge in [-0.25, -0.2) is 4.98 Å². The quantitative estimate of drug-likeness (QED) is 0.815. The van der Waals surface area contributed by atoms with Gasteiger partial charge in [-0.1, -0.05) is 32.1 Å². The molecule has 0 saturated heterocycles. The van der Waals surface area contributed by atoms with E-state index >= 15 is 0 Å². The third-order valence-electron chi connectivity index (χ3n) is 2.63. The summed E-state index contributed by atoms with van der Waals surface area (Å²) in [6.45, 7) is 0. The maximum atomic E-state index is 4.33. The summed E-state index contributed by atoms with van der Waals surface area (Å²) < 4.78 is 4.88. The van der Waals surface area contributed by atoms with E-state index in [1.54, 1.807) is 0 Å². The van der Waals surface area contributed by atoms with Crippen LogP contribution in [-0.2, 0) is 6.42 Å². The van der Waals surface area contributed by atoms with Crippen molar-refractivity contribution in [1.29, 1.82) is 0 Å². The van der Waals surface area contributed by atoms with Crippen molar-refractivity contribution in [3.8, 4) is 0 Å². The van der Waals surface area contributed by atoms with Gasteiger partial charge >= 0.3 is 0 Å². The van der Waals surface area contributed by atoms with Gasteiger partial charge in [0, 0.05) is 6.42 Å². The monoisotopic (exact) mass is 260 g/mol. The molecular weight excluding hydrogens is 248 g/mol. The normalized spacial score (nSPS) is 19.2. The first-order chi connectivity index (χ1) is 6.34. The van der Waals surface area contributed by atoms with E-state index < -0.39 is 0 Å². The Labute approximate surface area is 91.1 Å². The Morgan fingerprint density at radius 1 is 1.31 bits per heavy atom. The molecule has 0 N–H and O–H groups in total. The molecule has 13 heavy (non-hydrogen) atoms. The van der Waals surface area contributed by atoms with Gasteiger partial charge in [0.1, 0.15) is 5.01 Å². The minimum Gasteiger partial charge on any atom is -0.214 e. The lowest BCUT2D eigenvalue weighted by molar-refractivity contribution is 0.356. The average molecular weight is 261 g/mol. The Kier molecular flexibility index (Phi) is 3.33. The number of halogens is 1. The van der Waals surface area contributed by atoms with Crippen LogP contribution in [0.5, 0.6) is 0 Å². The fraction of sp³-hybridized carbons (Fsp3) is 0.778. The zero-order valence-corrected chi connectivity index (χ0v) is 9.90. The van der Waals surface area contributed by atoms with Crippen molar-refractivity contribution < 1.29 is 0 Å². The summed E-state index contributed by atoms with van der Waals surface area (Å²) in [5.74, 6) is 0.869. The average Bonchev–Trinajstić information content (AvgIpc) is 2.53. The van der Waals surface area contributed by atoms with E-state index in [-0.39, 0.29) is 0 Å². The fourth-order valence-electron chi connectivity index (χ4n) is 1.96. The molecule has 2 rings (SSSR count). The lowest BCUT2D eigenvalue weighted by Gasteiger charge is -2.19. The first-order valence-electron chi connectivity index (χ1n) is 4.82. The van der Waals surface area contributed by atoms with Gasteiger partial charge in [0.2, 0.25) is 4.73 Å². The van der Waals surface area contributed by atoms with Crippen LogP contribution in [0.2, 0.25) is 0 Å². The SMILES string of the molecule is Brc1nsc(CC2CCCCC2)n1. The molecule has 4 heteroatoms. The van der Waals surface area contributed by atoms with Crippen LogP contribution >= 0.6 is 27.5 Å². The third-order valence-corrected chi connectivity index (χ3v) is 3.95. The molecule has 0 unspecified atom stereocenters. The molecule has 1 fully saturated rings. The molecular formula is C9H13BrN2S. The lowest BCUT2D eigenvalue weighted by atomic mass is 9.87. The second-order valence-electron chi connectivity index (χ2n) is 3.67. The van der Waals surface area contributed by atoms with Crippen LogP contribution in [0.3, 0.4) is 0 Å². The minimum absolute atomic E-state index is 0.753. The van der Waals surface area contributed by atoms with Gasteiger partial charge < -0.3 is 0 Å². The summed E-state index contributed by atoms with van der Waals surface area (Å²) in [4.78, 5) is 4.33. The zero-order valence-electron chi connectivity index (χ0n) is 7.50. The molecule has 0 spiro atoms. The zero-order chi connectivity index (χ0) is 9.10. The van der Waals surface area contributed by atoms with Crippen molar-refractivity contribution in [2.75, 3.05) is 0 Å². The standard InChI is InChI=1S/C9H13BrN2S/c10-9-11-8(13-12-9)6-7-4-2-1-3-5-7/h7H,1-6H2. The highest BCUT2D eigenvalue weighted by atomic mass is 79.9. The molecule has 1 heterocycles. The summed E-state index contributed by atoms with van der Waals surface area (Å²) in [7, 11) is 0. The molecule has 1 aromatic rings. The van der Waals surface area contributed by atoms with Crippen LogP contribution in [0.25, 0.3) is 0 Å². The molecule has 1 aliphatic carbocycles. The molecule has 0 amide bonds. The van der Waals surface area contributed by atoms with Crippen LogP contribution in [0.4, 0.5) is 0 Å². The lowest BCUT2D eigenvalue weighted by Crippen LogP contribution is -2.08. The molecule has 0 atom stereocenters. The Hall–Kier alpha value is 0.0400. The van der Waals surface area contributed by atoms with Crippen molar-refractivity contribution in [2.45, 2.75) is 38.5 Å². The van der Waals surface area contributed by atoms with Gasteiger partial charge in [-0.3, -0.25) is 0 Å². The van der Waals surface area contributed by atoms with E-state index in [0.29, 0.717) is 0 Å². The third kappa shape index (κ3) is 2.74. The van der Waals surface area contributed by atoms with Crippen molar-refractivity contribution in [2.24, 2.45) is 5.92 Å². The molecule has 0 aliphatic heterocycles. The van der Waals surface area contributed by atoms with Crippen molar-refractivity contribution in [1.82, 2.24) is 9.36 Å². The summed E-state index contributed by atoms with van der Waals surface area (Å²) in [6, 6.07) is 0. The first-order valence-corrected chi connectivity index (χ1v) is 6.39. The maximum Gasteiger partial charge on any atom is 0.209 e. The van der Waals surface area contributed by atoms with E-state index in [4.69, 9.17) is 0 Å². The highest BCUT2D eigenvalue weighted by Crippen LogP contribution is 2.27. The number of hydrogen-bond donors (Lipinski definition) is 0. The fourth-order valence-corrected chi connectivity index (χ4v) is 3.16. The smallest absolute Gasteiger partial charge is 0.209 e. The highest BCUT2D eigenvalue weighted by molar-refractivity contribution is 9.10. The second kappa shape index (κ2) is 4.51. The van der Waals surface area contributed by atoms with Gasteiger partial charge in [-0.15, -0.1) is 0 Å². The van der Waals surface area contributed by atoms with Crippen LogP contribution in [-0.4, -0.2) is 9.36 Å². The van der Waals surface area contributed by atoms with Gasteiger partial charge in [0.05, 0.1) is 0 Å². The molecule has 0 aromatic carbocycles. The van der Waals surface area contributed by atoms with E-state index in [9.17, 15) is 0 Å². The molecule has 1 aliphatic rings. The summed E-state index contributed by atoms with van der Waals surface area (Å²) in [5.41, 5.74) is 0. The predicted octanol–water partition coefficient (Wildman–Crippen LogP) is 3.42. The molecule has 1 saturated carbocycles. The van der Waals surface area contributed by atoms with E-state index in [0.717, 1.165) is 17.1 Å². The van der Waals surface area contributed by atoms with Gasteiger partial charge in [0.15, 0.2) is 0 Å². The molecule has 72 valence electrons. The van der Waals surface area contributed by atoms with Crippen molar-refractivity contribution in [3.05, 3.63) is 9.74 Å². The van der Waals surface area contributed by atoms with Gasteiger partial charge in [-0.2, -0.15) is 4.37 Å². The number of hydrogen-bond acceptors (Lipinski definition) is 3. The molecule has 2 nitrogen and oxygen atoms in total. The van der Waals surface area contributed by atoms with E-state index in [1.807, 2.05) is 0 Å². The van der Waals surface area contributed by atoms with Crippen molar-refractivity contribution >= 4 is 27.5 Å². The van der Waals surface area contributed by atoms with Crippen LogP contribution in [0.15, 0.2) is 4.73 Å². The Bertz CT molecular complexity index is 268. The highest BCUT2D eigenvalue weighted by Gasteiger charge is 2.15. The second-order valence-corrected chi connectivity index (χ2v) is 5.21. The maximum absolute atomic E-state index is 4.33. The molecule has 0 bridgehead atoms. The van der Waals surface area contributed by atoms with E-state index in [2.05, 4.69) is 25.3 Å². The minimum atomic E-state index is 0.753. The Morgan fingerprint density at radius 2 is 2.08 bits per heavy atom. The summed E-state index contributed by atoms with van der Waals surface area (Å²) >= 11 is 4.82. The largest absolute Gasteiger partial charge is 0.214 e. The van der Waals surface area contributed by atoms with Crippen molar-refractivity contribution in [3.63, 3.8) is 0 Å². The number of nitrogens with zero attached hydrogens (tertiary/aromatic N) is 2. The van der Waals surface area contributed by atoms with Crippen LogP contribution in [0.1, 0.15) is 37.1 Å². The first kappa shape index (κ1) is 9.59. The Morgan fingerprint density at radius 3 is 2.69 bits per heavy atom. The molecule has 1 aromatic heterocycles. The van der Waals surface area contributed by atoms with Crippen LogP contribution in [0, 0.1) is 5.92 Å². The summed E-state index contributed by atoms with van der Waals surface area (Å²) in [5, 5.41) is 1.19. The summed E-state index contributed by atoms with van der Waals surface area (Å²) in [6.07, 6.45) is 8.16. The van der Waals surface area contributed by atoms with E-state index in [1.165, 1.54) is 48.6 Å². The van der Waals surface area contributed by atoms with Crippen LogP contribution < -0.4 is 0 Å². The van der Waals surface area contributed by atoms with Gasteiger partial charge in [0.25, 0.3) is 0 Å². The number of rotatable bonds is 2. The number of aromatic nitrogens is 2. The topological polar surface area (TPSA) is 25.8 Å². The van der Waals surface area contributed by atoms with Gasteiger partial charge in [-0.05, 0) is 33.4 Å².